The lowest BCUT2D eigenvalue weighted by molar-refractivity contribution is 0.0923. The zero-order valence-electron chi connectivity index (χ0n) is 16.0. The topological polar surface area (TPSA) is 41.6 Å². The summed E-state index contributed by atoms with van der Waals surface area (Å²) in [6.07, 6.45) is 3.59. The van der Waals surface area contributed by atoms with Gasteiger partial charge in [-0.3, -0.25) is 9.69 Å². The summed E-state index contributed by atoms with van der Waals surface area (Å²) in [5, 5.41) is 3.01. The molecule has 1 saturated heterocycles. The maximum Gasteiger partial charge on any atom is 0.251 e. The molecule has 5 heteroatoms. The molecule has 1 aliphatic rings. The maximum atomic E-state index is 13.5. The number of methoxy groups -OCH3 is 1. The molecule has 1 amide bonds. The number of rotatable bonds is 6. The van der Waals surface area contributed by atoms with E-state index in [2.05, 4.69) is 22.3 Å². The number of benzene rings is 2. The van der Waals surface area contributed by atoms with Crippen LogP contribution in [0.15, 0.2) is 42.5 Å². The molecule has 4 nitrogen and oxygen atoms in total. The number of carbonyl (C=O) groups excluding carboxylic acids is 1. The summed E-state index contributed by atoms with van der Waals surface area (Å²) in [7, 11) is 1.65. The van der Waals surface area contributed by atoms with Gasteiger partial charge in [0, 0.05) is 12.1 Å². The Labute approximate surface area is 160 Å². The molecule has 1 fully saturated rings. The quantitative estimate of drug-likeness (QED) is 0.832. The summed E-state index contributed by atoms with van der Waals surface area (Å²) in [5.74, 6) is 0.187. The van der Waals surface area contributed by atoms with Crippen LogP contribution >= 0.6 is 0 Å². The van der Waals surface area contributed by atoms with E-state index in [0.29, 0.717) is 12.1 Å². The van der Waals surface area contributed by atoms with Crippen LogP contribution in [-0.2, 0) is 0 Å². The Morgan fingerprint density at radius 3 is 2.52 bits per heavy atom. The third kappa shape index (κ3) is 4.86. The van der Waals surface area contributed by atoms with E-state index in [-0.39, 0.29) is 11.9 Å². The van der Waals surface area contributed by atoms with Crippen molar-refractivity contribution in [2.24, 2.45) is 0 Å². The van der Waals surface area contributed by atoms with Crippen molar-refractivity contribution in [2.45, 2.75) is 32.2 Å². The number of amides is 1. The zero-order valence-corrected chi connectivity index (χ0v) is 16.0. The van der Waals surface area contributed by atoms with Gasteiger partial charge in [0.25, 0.3) is 5.91 Å². The Morgan fingerprint density at radius 1 is 1.15 bits per heavy atom. The number of nitrogens with zero attached hydrogens (tertiary/aromatic N) is 1. The summed E-state index contributed by atoms with van der Waals surface area (Å²) < 4.78 is 18.8. The Hall–Kier alpha value is -2.40. The van der Waals surface area contributed by atoms with Crippen molar-refractivity contribution in [1.82, 2.24) is 10.2 Å². The number of hydrogen-bond acceptors (Lipinski definition) is 3. The van der Waals surface area contributed by atoms with E-state index < -0.39 is 5.82 Å². The van der Waals surface area contributed by atoms with Crippen molar-refractivity contribution in [3.05, 3.63) is 65.0 Å². The molecule has 0 bridgehead atoms. The number of carbonyl (C=O) groups is 1. The highest BCUT2D eigenvalue weighted by molar-refractivity contribution is 5.95. The lowest BCUT2D eigenvalue weighted by Crippen LogP contribution is -2.40. The molecule has 1 aliphatic heterocycles. The van der Waals surface area contributed by atoms with E-state index in [4.69, 9.17) is 4.74 Å². The van der Waals surface area contributed by atoms with Gasteiger partial charge in [0.2, 0.25) is 0 Å². The molecule has 0 radical (unpaired) electrons. The van der Waals surface area contributed by atoms with Crippen molar-refractivity contribution in [1.29, 1.82) is 0 Å². The number of ether oxygens (including phenoxy) is 1. The van der Waals surface area contributed by atoms with E-state index >= 15 is 0 Å². The highest BCUT2D eigenvalue weighted by atomic mass is 19.1. The maximum absolute atomic E-state index is 13.5. The predicted molar refractivity (Wildman–Crippen MR) is 105 cm³/mol. The second-order valence-electron chi connectivity index (χ2n) is 7.05. The first kappa shape index (κ1) is 19.4. The number of nitrogens with one attached hydrogen (secondary N) is 1. The van der Waals surface area contributed by atoms with Crippen molar-refractivity contribution >= 4 is 5.91 Å². The largest absolute Gasteiger partial charge is 0.497 e. The highest BCUT2D eigenvalue weighted by Gasteiger charge is 2.23. The van der Waals surface area contributed by atoms with Gasteiger partial charge in [0.1, 0.15) is 11.6 Å². The summed E-state index contributed by atoms with van der Waals surface area (Å²) in [6.45, 7) is 4.35. The van der Waals surface area contributed by atoms with Crippen LogP contribution in [0.3, 0.4) is 0 Å². The van der Waals surface area contributed by atoms with Crippen LogP contribution in [0.5, 0.6) is 5.75 Å². The smallest absolute Gasteiger partial charge is 0.251 e. The first-order valence-electron chi connectivity index (χ1n) is 9.51. The molecule has 144 valence electrons. The third-order valence-corrected chi connectivity index (χ3v) is 5.23. The molecule has 27 heavy (non-hydrogen) atoms. The van der Waals surface area contributed by atoms with Crippen LogP contribution in [-0.4, -0.2) is 37.6 Å². The fourth-order valence-electron chi connectivity index (χ4n) is 3.64. The summed E-state index contributed by atoms with van der Waals surface area (Å²) in [6, 6.07) is 12.4. The average molecular weight is 370 g/mol. The Bertz CT molecular complexity index is 770. The molecule has 3 rings (SSSR count). The second-order valence-corrected chi connectivity index (χ2v) is 7.05. The molecular formula is C22H27FN2O2. The van der Waals surface area contributed by atoms with Crippen molar-refractivity contribution in [3.63, 3.8) is 0 Å². The number of piperidine rings is 1. The summed E-state index contributed by atoms with van der Waals surface area (Å²) >= 11 is 0. The van der Waals surface area contributed by atoms with Gasteiger partial charge in [-0.05, 0) is 68.2 Å². The minimum absolute atomic E-state index is 0.0917. The Balaban J connectivity index is 1.76. The van der Waals surface area contributed by atoms with Gasteiger partial charge < -0.3 is 10.1 Å². The number of aryl methyl sites for hydroxylation is 1. The number of likely N-dealkylation sites (tertiary alicyclic amines) is 1. The Morgan fingerprint density at radius 2 is 1.85 bits per heavy atom. The fraction of sp³-hybridized carbons (Fsp3) is 0.409. The first-order valence-corrected chi connectivity index (χ1v) is 9.51. The van der Waals surface area contributed by atoms with E-state index in [9.17, 15) is 9.18 Å². The molecule has 2 aromatic rings. The first-order chi connectivity index (χ1) is 13.1. The van der Waals surface area contributed by atoms with E-state index in [0.717, 1.165) is 30.0 Å². The molecular weight excluding hydrogens is 343 g/mol. The van der Waals surface area contributed by atoms with Gasteiger partial charge in [0.05, 0.1) is 13.2 Å². The lowest BCUT2D eigenvalue weighted by Gasteiger charge is -2.35. The minimum Gasteiger partial charge on any atom is -0.497 e. The highest BCUT2D eigenvalue weighted by Crippen LogP contribution is 2.26. The van der Waals surface area contributed by atoms with Gasteiger partial charge >= 0.3 is 0 Å². The van der Waals surface area contributed by atoms with Gasteiger partial charge in [-0.25, -0.2) is 4.39 Å². The van der Waals surface area contributed by atoms with Gasteiger partial charge in [-0.2, -0.15) is 0 Å². The van der Waals surface area contributed by atoms with Gasteiger partial charge in [-0.15, -0.1) is 0 Å². The molecule has 2 aromatic carbocycles. The van der Waals surface area contributed by atoms with E-state index in [1.165, 1.54) is 31.4 Å². The van der Waals surface area contributed by atoms with Crippen LogP contribution in [0.4, 0.5) is 4.39 Å². The van der Waals surface area contributed by atoms with Crippen LogP contribution in [0.1, 0.15) is 46.8 Å². The van der Waals surface area contributed by atoms with Crippen molar-refractivity contribution in [2.75, 3.05) is 26.7 Å². The summed E-state index contributed by atoms with van der Waals surface area (Å²) in [5.41, 5.74) is 2.31. The van der Waals surface area contributed by atoms with Crippen LogP contribution in [0, 0.1) is 12.7 Å². The molecule has 1 unspecified atom stereocenters. The molecule has 0 saturated carbocycles. The fourth-order valence-corrected chi connectivity index (χ4v) is 3.64. The number of hydrogen-bond donors (Lipinski definition) is 1. The molecule has 0 spiro atoms. The summed E-state index contributed by atoms with van der Waals surface area (Å²) in [4.78, 5) is 15.0. The molecule has 1 heterocycles. The minimum atomic E-state index is -0.395. The van der Waals surface area contributed by atoms with Crippen molar-refractivity contribution in [3.8, 4) is 5.75 Å². The Kier molecular flexibility index (Phi) is 6.45. The second kappa shape index (κ2) is 9.00. The molecule has 0 aliphatic carbocycles. The van der Waals surface area contributed by atoms with E-state index in [1.54, 1.807) is 13.2 Å². The average Bonchev–Trinajstić information content (AvgIpc) is 2.71. The monoisotopic (exact) mass is 370 g/mol. The van der Waals surface area contributed by atoms with Gasteiger partial charge in [0.15, 0.2) is 0 Å². The zero-order chi connectivity index (χ0) is 19.2. The normalized spacial score (nSPS) is 16.0. The van der Waals surface area contributed by atoms with Gasteiger partial charge in [-0.1, -0.05) is 24.6 Å². The van der Waals surface area contributed by atoms with Crippen LogP contribution in [0.25, 0.3) is 0 Å². The molecule has 1 atom stereocenters. The SMILES string of the molecule is COc1ccc(C(CNC(=O)c2cc(F)ccc2C)N2CCCCC2)cc1. The molecule has 0 aromatic heterocycles. The number of halogens is 1. The van der Waals surface area contributed by atoms with Crippen LogP contribution < -0.4 is 10.1 Å². The standard InChI is InChI=1S/C22H27FN2O2/c1-16-6-9-18(23)14-20(16)22(26)24-15-21(25-12-4-3-5-13-25)17-7-10-19(27-2)11-8-17/h6-11,14,21H,3-5,12-13,15H2,1-2H3,(H,24,26). The van der Waals surface area contributed by atoms with Crippen molar-refractivity contribution < 1.29 is 13.9 Å². The molecule has 1 N–H and O–H groups in total. The lowest BCUT2D eigenvalue weighted by atomic mass is 10.0. The van der Waals surface area contributed by atoms with E-state index in [1.807, 2.05) is 19.1 Å². The third-order valence-electron chi connectivity index (χ3n) is 5.23. The van der Waals surface area contributed by atoms with Crippen LogP contribution in [0.2, 0.25) is 0 Å². The predicted octanol–water partition coefficient (Wildman–Crippen LogP) is 4.10.